The van der Waals surface area contributed by atoms with Crippen LogP contribution in [0.25, 0.3) is 0 Å². The van der Waals surface area contributed by atoms with Gasteiger partial charge in [0.1, 0.15) is 11.6 Å². The molecule has 1 heterocycles. The van der Waals surface area contributed by atoms with Crippen molar-refractivity contribution in [3.05, 3.63) is 53.6 Å². The molecule has 1 aromatic heterocycles. The van der Waals surface area contributed by atoms with E-state index in [4.69, 9.17) is 4.74 Å². The number of rotatable bonds is 5. The summed E-state index contributed by atoms with van der Waals surface area (Å²) in [6.45, 7) is 4.62. The van der Waals surface area contributed by atoms with Crippen LogP contribution < -0.4 is 10.1 Å². The Hall–Kier alpha value is -1.94. The molecule has 4 nitrogen and oxygen atoms in total. The first kappa shape index (κ1) is 13.5. The van der Waals surface area contributed by atoms with Crippen molar-refractivity contribution in [3.63, 3.8) is 0 Å². The largest absolute Gasteiger partial charge is 0.494 e. The summed E-state index contributed by atoms with van der Waals surface area (Å²) in [7, 11) is 1.90. The standard InChI is InChI=1S/C15H19N3O/c1-4-19-13-7-5-6-12(8-13)14(16-3)15-17-9-11(2)10-18-15/h5-10,14,16H,4H2,1-3H3. The van der Waals surface area contributed by atoms with Gasteiger partial charge in [0.05, 0.1) is 12.6 Å². The third-order valence-electron chi connectivity index (χ3n) is 2.85. The van der Waals surface area contributed by atoms with Crippen LogP contribution in [-0.2, 0) is 0 Å². The second-order valence-electron chi connectivity index (χ2n) is 4.35. The van der Waals surface area contributed by atoms with Gasteiger partial charge in [0.25, 0.3) is 0 Å². The van der Waals surface area contributed by atoms with Crippen molar-refractivity contribution in [1.82, 2.24) is 15.3 Å². The maximum Gasteiger partial charge on any atom is 0.149 e. The lowest BCUT2D eigenvalue weighted by Crippen LogP contribution is -2.20. The van der Waals surface area contributed by atoms with Gasteiger partial charge in [-0.1, -0.05) is 12.1 Å². The Morgan fingerprint density at radius 1 is 1.26 bits per heavy atom. The monoisotopic (exact) mass is 257 g/mol. The van der Waals surface area contributed by atoms with Crippen molar-refractivity contribution >= 4 is 0 Å². The first-order chi connectivity index (χ1) is 9.24. The van der Waals surface area contributed by atoms with Crippen LogP contribution in [0.4, 0.5) is 0 Å². The van der Waals surface area contributed by atoms with Crippen molar-refractivity contribution in [3.8, 4) is 5.75 Å². The molecule has 0 spiro atoms. The summed E-state index contributed by atoms with van der Waals surface area (Å²) in [5, 5.41) is 3.24. The molecular formula is C15H19N3O. The van der Waals surface area contributed by atoms with E-state index in [1.54, 1.807) is 0 Å². The van der Waals surface area contributed by atoms with Crippen LogP contribution in [0.15, 0.2) is 36.7 Å². The average molecular weight is 257 g/mol. The zero-order chi connectivity index (χ0) is 13.7. The third-order valence-corrected chi connectivity index (χ3v) is 2.85. The van der Waals surface area contributed by atoms with Crippen LogP contribution in [0.3, 0.4) is 0 Å². The summed E-state index contributed by atoms with van der Waals surface area (Å²) in [5.74, 6) is 1.63. The Labute approximate surface area is 113 Å². The van der Waals surface area contributed by atoms with Crippen LogP contribution in [0.1, 0.15) is 29.9 Å². The minimum atomic E-state index is -0.0268. The number of ether oxygens (including phenoxy) is 1. The summed E-state index contributed by atoms with van der Waals surface area (Å²) in [6, 6.07) is 7.98. The van der Waals surface area contributed by atoms with Crippen LogP contribution in [0.2, 0.25) is 0 Å². The highest BCUT2D eigenvalue weighted by Crippen LogP contribution is 2.22. The van der Waals surface area contributed by atoms with E-state index in [1.165, 1.54) is 0 Å². The topological polar surface area (TPSA) is 47.0 Å². The average Bonchev–Trinajstić information content (AvgIpc) is 2.43. The van der Waals surface area contributed by atoms with E-state index in [0.29, 0.717) is 6.61 Å². The molecule has 0 aliphatic heterocycles. The number of hydrogen-bond donors (Lipinski definition) is 1. The van der Waals surface area contributed by atoms with Gasteiger partial charge in [0.15, 0.2) is 0 Å². The maximum atomic E-state index is 5.53. The molecule has 19 heavy (non-hydrogen) atoms. The SMILES string of the molecule is CCOc1cccc(C(NC)c2ncc(C)cn2)c1. The molecule has 2 rings (SSSR count). The molecule has 0 saturated heterocycles. The van der Waals surface area contributed by atoms with Crippen molar-refractivity contribution in [2.24, 2.45) is 0 Å². The molecule has 0 bridgehead atoms. The molecular weight excluding hydrogens is 238 g/mol. The molecule has 0 fully saturated rings. The number of nitrogens with zero attached hydrogens (tertiary/aromatic N) is 2. The Morgan fingerprint density at radius 3 is 2.63 bits per heavy atom. The van der Waals surface area contributed by atoms with E-state index in [0.717, 1.165) is 22.7 Å². The fraction of sp³-hybridized carbons (Fsp3) is 0.333. The van der Waals surface area contributed by atoms with Gasteiger partial charge in [0, 0.05) is 12.4 Å². The number of aromatic nitrogens is 2. The number of benzene rings is 1. The van der Waals surface area contributed by atoms with E-state index in [1.807, 2.05) is 57.6 Å². The first-order valence-corrected chi connectivity index (χ1v) is 6.43. The number of nitrogens with one attached hydrogen (secondary N) is 1. The molecule has 1 unspecified atom stereocenters. The van der Waals surface area contributed by atoms with Gasteiger partial charge in [-0.15, -0.1) is 0 Å². The molecule has 2 aromatic rings. The van der Waals surface area contributed by atoms with Crippen LogP contribution in [-0.4, -0.2) is 23.6 Å². The predicted octanol–water partition coefficient (Wildman–Crippen LogP) is 2.49. The molecule has 1 atom stereocenters. The predicted molar refractivity (Wildman–Crippen MR) is 75.3 cm³/mol. The first-order valence-electron chi connectivity index (χ1n) is 6.43. The summed E-state index contributed by atoms with van der Waals surface area (Å²) < 4.78 is 5.53. The summed E-state index contributed by atoms with van der Waals surface area (Å²) in [5.41, 5.74) is 2.15. The molecule has 0 saturated carbocycles. The molecule has 0 amide bonds. The fourth-order valence-corrected chi connectivity index (χ4v) is 1.95. The van der Waals surface area contributed by atoms with Gasteiger partial charge >= 0.3 is 0 Å². The van der Waals surface area contributed by atoms with E-state index in [-0.39, 0.29) is 6.04 Å². The van der Waals surface area contributed by atoms with Gasteiger partial charge in [0.2, 0.25) is 0 Å². The molecule has 0 aliphatic carbocycles. The molecule has 100 valence electrons. The van der Waals surface area contributed by atoms with E-state index >= 15 is 0 Å². The van der Waals surface area contributed by atoms with E-state index in [9.17, 15) is 0 Å². The smallest absolute Gasteiger partial charge is 0.149 e. The van der Waals surface area contributed by atoms with Crippen LogP contribution in [0.5, 0.6) is 5.75 Å². The number of hydrogen-bond acceptors (Lipinski definition) is 4. The molecule has 0 aliphatic rings. The van der Waals surface area contributed by atoms with Crippen LogP contribution >= 0.6 is 0 Å². The zero-order valence-corrected chi connectivity index (χ0v) is 11.6. The third kappa shape index (κ3) is 3.29. The Bertz CT molecular complexity index is 525. The van der Waals surface area contributed by atoms with E-state index < -0.39 is 0 Å². The minimum Gasteiger partial charge on any atom is -0.494 e. The lowest BCUT2D eigenvalue weighted by atomic mass is 10.1. The van der Waals surface area contributed by atoms with Crippen molar-refractivity contribution < 1.29 is 4.74 Å². The Kier molecular flexibility index (Phi) is 4.47. The highest BCUT2D eigenvalue weighted by atomic mass is 16.5. The quantitative estimate of drug-likeness (QED) is 0.894. The van der Waals surface area contributed by atoms with Crippen molar-refractivity contribution in [2.75, 3.05) is 13.7 Å². The van der Waals surface area contributed by atoms with Gasteiger partial charge < -0.3 is 10.1 Å². The summed E-state index contributed by atoms with van der Waals surface area (Å²) in [4.78, 5) is 8.77. The highest BCUT2D eigenvalue weighted by Gasteiger charge is 2.15. The second kappa shape index (κ2) is 6.29. The minimum absolute atomic E-state index is 0.0268. The number of aryl methyl sites for hydroxylation is 1. The summed E-state index contributed by atoms with van der Waals surface area (Å²) >= 11 is 0. The highest BCUT2D eigenvalue weighted by molar-refractivity contribution is 5.33. The lowest BCUT2D eigenvalue weighted by Gasteiger charge is -2.16. The van der Waals surface area contributed by atoms with Gasteiger partial charge in [-0.25, -0.2) is 9.97 Å². The Morgan fingerprint density at radius 2 is 2.00 bits per heavy atom. The summed E-state index contributed by atoms with van der Waals surface area (Å²) in [6.07, 6.45) is 3.66. The van der Waals surface area contributed by atoms with E-state index in [2.05, 4.69) is 15.3 Å². The molecule has 1 N–H and O–H groups in total. The van der Waals surface area contributed by atoms with Gasteiger partial charge in [-0.3, -0.25) is 0 Å². The second-order valence-corrected chi connectivity index (χ2v) is 4.35. The van der Waals surface area contributed by atoms with Crippen molar-refractivity contribution in [2.45, 2.75) is 19.9 Å². The zero-order valence-electron chi connectivity index (χ0n) is 11.6. The normalized spacial score (nSPS) is 12.2. The van der Waals surface area contributed by atoms with Crippen LogP contribution in [0, 0.1) is 6.92 Å². The van der Waals surface area contributed by atoms with Gasteiger partial charge in [-0.2, -0.15) is 0 Å². The maximum absolute atomic E-state index is 5.53. The molecule has 4 heteroatoms. The molecule has 0 radical (unpaired) electrons. The van der Waals surface area contributed by atoms with Crippen molar-refractivity contribution in [1.29, 1.82) is 0 Å². The lowest BCUT2D eigenvalue weighted by molar-refractivity contribution is 0.339. The fourth-order valence-electron chi connectivity index (χ4n) is 1.95. The Balaban J connectivity index is 2.30. The molecule has 1 aromatic carbocycles. The van der Waals surface area contributed by atoms with Gasteiger partial charge in [-0.05, 0) is 44.2 Å².